The molecule has 15 heavy (non-hydrogen) atoms. The van der Waals surface area contributed by atoms with E-state index >= 15 is 0 Å². The maximum absolute atomic E-state index is 11.9. The fourth-order valence-corrected chi connectivity index (χ4v) is 1.27. The Morgan fingerprint density at radius 3 is 2.73 bits per heavy atom. The monoisotopic (exact) mass is 215 g/mol. The number of benzene rings is 1. The molecule has 0 bridgehead atoms. The summed E-state index contributed by atoms with van der Waals surface area (Å²) in [5.74, 6) is 0.201. The van der Waals surface area contributed by atoms with Gasteiger partial charge in [0.25, 0.3) is 0 Å². The topological polar surface area (TPSA) is 35.2 Å². The van der Waals surface area contributed by atoms with Crippen LogP contribution in [0.2, 0.25) is 0 Å². The second-order valence-electron chi connectivity index (χ2n) is 3.54. The van der Waals surface area contributed by atoms with E-state index in [1.54, 1.807) is 12.1 Å². The van der Waals surface area contributed by atoms with Gasteiger partial charge in [0.1, 0.15) is 5.75 Å². The minimum Gasteiger partial charge on any atom is -0.435 e. The number of aryl methyl sites for hydroxylation is 1. The SMILES string of the molecule is C[C@H](N)CCc1cccc(OC(F)F)c1. The van der Waals surface area contributed by atoms with Gasteiger partial charge in [-0.1, -0.05) is 12.1 Å². The molecule has 0 unspecified atom stereocenters. The normalized spacial score (nSPS) is 12.9. The molecule has 0 fully saturated rings. The van der Waals surface area contributed by atoms with Gasteiger partial charge < -0.3 is 10.5 Å². The summed E-state index contributed by atoms with van der Waals surface area (Å²) in [6.07, 6.45) is 1.61. The molecule has 2 nitrogen and oxygen atoms in total. The van der Waals surface area contributed by atoms with Crippen molar-refractivity contribution in [3.63, 3.8) is 0 Å². The molecule has 1 atom stereocenters. The molecule has 0 aliphatic carbocycles. The summed E-state index contributed by atoms with van der Waals surface area (Å²) in [5, 5.41) is 0. The van der Waals surface area contributed by atoms with E-state index in [1.165, 1.54) is 6.07 Å². The molecule has 0 aliphatic rings. The molecule has 1 aromatic carbocycles. The van der Waals surface area contributed by atoms with Gasteiger partial charge in [0.2, 0.25) is 0 Å². The molecular formula is C11H15F2NO. The largest absolute Gasteiger partial charge is 0.435 e. The maximum Gasteiger partial charge on any atom is 0.387 e. The third-order valence-corrected chi connectivity index (χ3v) is 2.01. The van der Waals surface area contributed by atoms with Gasteiger partial charge in [-0.2, -0.15) is 8.78 Å². The van der Waals surface area contributed by atoms with Gasteiger partial charge in [-0.25, -0.2) is 0 Å². The number of hydrogen-bond donors (Lipinski definition) is 1. The molecule has 0 aromatic heterocycles. The highest BCUT2D eigenvalue weighted by Crippen LogP contribution is 2.17. The van der Waals surface area contributed by atoms with E-state index < -0.39 is 6.61 Å². The molecule has 0 saturated carbocycles. The lowest BCUT2D eigenvalue weighted by molar-refractivity contribution is -0.0498. The van der Waals surface area contributed by atoms with Gasteiger partial charge in [0.05, 0.1) is 0 Å². The van der Waals surface area contributed by atoms with Crippen LogP contribution in [-0.4, -0.2) is 12.7 Å². The van der Waals surface area contributed by atoms with Crippen molar-refractivity contribution in [3.8, 4) is 5.75 Å². The third kappa shape index (κ3) is 4.74. The average Bonchev–Trinajstić information content (AvgIpc) is 2.14. The zero-order valence-corrected chi connectivity index (χ0v) is 8.62. The lowest BCUT2D eigenvalue weighted by Gasteiger charge is -2.08. The zero-order chi connectivity index (χ0) is 11.3. The van der Waals surface area contributed by atoms with Gasteiger partial charge in [0.15, 0.2) is 0 Å². The van der Waals surface area contributed by atoms with E-state index in [4.69, 9.17) is 5.73 Å². The van der Waals surface area contributed by atoms with Gasteiger partial charge >= 0.3 is 6.61 Å². The van der Waals surface area contributed by atoms with Crippen LogP contribution in [-0.2, 0) is 6.42 Å². The van der Waals surface area contributed by atoms with Gasteiger partial charge in [-0.05, 0) is 37.5 Å². The van der Waals surface area contributed by atoms with Gasteiger partial charge in [-0.3, -0.25) is 0 Å². The summed E-state index contributed by atoms with van der Waals surface area (Å²) < 4.78 is 28.1. The highest BCUT2D eigenvalue weighted by molar-refractivity contribution is 5.28. The first kappa shape index (κ1) is 11.9. The molecule has 84 valence electrons. The van der Waals surface area contributed by atoms with Crippen LogP contribution in [0.1, 0.15) is 18.9 Å². The Labute approximate surface area is 88.0 Å². The van der Waals surface area contributed by atoms with E-state index in [9.17, 15) is 8.78 Å². The van der Waals surface area contributed by atoms with Crippen molar-refractivity contribution < 1.29 is 13.5 Å². The fourth-order valence-electron chi connectivity index (χ4n) is 1.27. The van der Waals surface area contributed by atoms with E-state index in [0.717, 1.165) is 18.4 Å². The Morgan fingerprint density at radius 1 is 1.40 bits per heavy atom. The van der Waals surface area contributed by atoms with Crippen LogP contribution in [0.5, 0.6) is 5.75 Å². The lowest BCUT2D eigenvalue weighted by Crippen LogP contribution is -2.15. The van der Waals surface area contributed by atoms with Crippen LogP contribution in [0, 0.1) is 0 Å². The Morgan fingerprint density at radius 2 is 2.13 bits per heavy atom. The fraction of sp³-hybridized carbons (Fsp3) is 0.455. The van der Waals surface area contributed by atoms with Crippen LogP contribution in [0.25, 0.3) is 0 Å². The molecule has 0 amide bonds. The number of rotatable bonds is 5. The molecule has 0 radical (unpaired) electrons. The molecule has 2 N–H and O–H groups in total. The lowest BCUT2D eigenvalue weighted by atomic mass is 10.1. The molecule has 1 rings (SSSR count). The number of hydrogen-bond acceptors (Lipinski definition) is 2. The van der Waals surface area contributed by atoms with Crippen molar-refractivity contribution in [3.05, 3.63) is 29.8 Å². The zero-order valence-electron chi connectivity index (χ0n) is 8.62. The standard InChI is InChI=1S/C11H15F2NO/c1-8(14)5-6-9-3-2-4-10(7-9)15-11(12)13/h2-4,7-8,11H,5-6,14H2,1H3/t8-/m0/s1. The number of ether oxygens (including phenoxy) is 1. The van der Waals surface area contributed by atoms with Crippen LogP contribution in [0.3, 0.4) is 0 Å². The van der Waals surface area contributed by atoms with Crippen molar-refractivity contribution in [2.45, 2.75) is 32.4 Å². The molecule has 0 heterocycles. The number of nitrogens with two attached hydrogens (primary N) is 1. The Kier molecular flexibility index (Phi) is 4.49. The van der Waals surface area contributed by atoms with Gasteiger partial charge in [0, 0.05) is 6.04 Å². The van der Waals surface area contributed by atoms with Crippen molar-refractivity contribution in [2.24, 2.45) is 5.73 Å². The van der Waals surface area contributed by atoms with Crippen molar-refractivity contribution in [1.82, 2.24) is 0 Å². The molecule has 0 spiro atoms. The van der Waals surface area contributed by atoms with Crippen LogP contribution < -0.4 is 10.5 Å². The Bertz CT molecular complexity index is 302. The number of halogens is 2. The number of alkyl halides is 2. The maximum atomic E-state index is 11.9. The Balaban J connectivity index is 2.57. The average molecular weight is 215 g/mol. The van der Waals surface area contributed by atoms with Crippen LogP contribution >= 0.6 is 0 Å². The summed E-state index contributed by atoms with van der Waals surface area (Å²) >= 11 is 0. The predicted octanol–water partition coefficient (Wildman–Crippen LogP) is 2.57. The van der Waals surface area contributed by atoms with E-state index in [0.29, 0.717) is 0 Å². The van der Waals surface area contributed by atoms with Crippen molar-refractivity contribution in [1.29, 1.82) is 0 Å². The van der Waals surface area contributed by atoms with Crippen LogP contribution in [0.4, 0.5) is 8.78 Å². The molecule has 0 saturated heterocycles. The van der Waals surface area contributed by atoms with Crippen molar-refractivity contribution in [2.75, 3.05) is 0 Å². The van der Waals surface area contributed by atoms with Gasteiger partial charge in [-0.15, -0.1) is 0 Å². The van der Waals surface area contributed by atoms with E-state index in [2.05, 4.69) is 4.74 Å². The highest BCUT2D eigenvalue weighted by atomic mass is 19.3. The first-order valence-corrected chi connectivity index (χ1v) is 4.87. The first-order chi connectivity index (χ1) is 7.08. The second kappa shape index (κ2) is 5.66. The molecule has 1 aromatic rings. The minimum absolute atomic E-state index is 0.115. The Hall–Kier alpha value is -1.16. The molecule has 4 heteroatoms. The quantitative estimate of drug-likeness (QED) is 0.819. The first-order valence-electron chi connectivity index (χ1n) is 4.87. The van der Waals surface area contributed by atoms with Crippen LogP contribution in [0.15, 0.2) is 24.3 Å². The van der Waals surface area contributed by atoms with Crippen molar-refractivity contribution >= 4 is 0 Å². The second-order valence-corrected chi connectivity index (χ2v) is 3.54. The summed E-state index contributed by atoms with van der Waals surface area (Å²) in [4.78, 5) is 0. The minimum atomic E-state index is -2.77. The summed E-state index contributed by atoms with van der Waals surface area (Å²) in [5.41, 5.74) is 6.57. The van der Waals surface area contributed by atoms with E-state index in [1.807, 2.05) is 13.0 Å². The molecular weight excluding hydrogens is 200 g/mol. The predicted molar refractivity (Wildman–Crippen MR) is 55.0 cm³/mol. The smallest absolute Gasteiger partial charge is 0.387 e. The summed E-state index contributed by atoms with van der Waals surface area (Å²) in [6.45, 7) is -0.854. The third-order valence-electron chi connectivity index (χ3n) is 2.01. The highest BCUT2D eigenvalue weighted by Gasteiger charge is 2.04. The van der Waals surface area contributed by atoms with E-state index in [-0.39, 0.29) is 11.8 Å². The molecule has 0 aliphatic heterocycles. The summed E-state index contributed by atoms with van der Waals surface area (Å²) in [6, 6.07) is 6.83. The summed E-state index contributed by atoms with van der Waals surface area (Å²) in [7, 11) is 0.